The standard InChI is InChI=1S/C17H18N4O/c1-17(2,3)21-16(22)20-14-9-11-6-8-18-10-13(11)15-12(14)5-4-7-19-15/h4-10H,1-3H3,(H2,20,21,22). The summed E-state index contributed by atoms with van der Waals surface area (Å²) < 4.78 is 0. The Hall–Kier alpha value is -2.69. The summed E-state index contributed by atoms with van der Waals surface area (Å²) in [4.78, 5) is 20.8. The molecule has 5 nitrogen and oxygen atoms in total. The van der Waals surface area contributed by atoms with Crippen LogP contribution in [0.1, 0.15) is 20.8 Å². The minimum absolute atomic E-state index is 0.231. The fourth-order valence-corrected chi connectivity index (χ4v) is 2.40. The van der Waals surface area contributed by atoms with Gasteiger partial charge in [0.2, 0.25) is 0 Å². The van der Waals surface area contributed by atoms with Crippen molar-refractivity contribution in [1.82, 2.24) is 15.3 Å². The van der Waals surface area contributed by atoms with Gasteiger partial charge in [0.15, 0.2) is 0 Å². The molecule has 2 heterocycles. The van der Waals surface area contributed by atoms with Crippen LogP contribution in [-0.2, 0) is 0 Å². The molecule has 0 aliphatic heterocycles. The van der Waals surface area contributed by atoms with E-state index in [4.69, 9.17) is 0 Å². The van der Waals surface area contributed by atoms with Gasteiger partial charge in [0, 0.05) is 34.9 Å². The lowest BCUT2D eigenvalue weighted by atomic mass is 10.1. The Bertz CT molecular complexity index is 852. The zero-order chi connectivity index (χ0) is 15.7. The van der Waals surface area contributed by atoms with Crippen molar-refractivity contribution in [2.45, 2.75) is 26.3 Å². The number of carbonyl (C=O) groups is 1. The van der Waals surface area contributed by atoms with Gasteiger partial charge in [0.1, 0.15) is 0 Å². The van der Waals surface area contributed by atoms with Gasteiger partial charge in [-0.2, -0.15) is 0 Å². The Morgan fingerprint density at radius 3 is 2.73 bits per heavy atom. The molecule has 3 aromatic rings. The number of urea groups is 1. The molecule has 0 aliphatic carbocycles. The maximum atomic E-state index is 12.2. The highest BCUT2D eigenvalue weighted by Gasteiger charge is 2.15. The number of nitrogens with zero attached hydrogens (tertiary/aromatic N) is 2. The summed E-state index contributed by atoms with van der Waals surface area (Å²) in [6.45, 7) is 5.83. The van der Waals surface area contributed by atoms with Gasteiger partial charge in [-0.3, -0.25) is 9.97 Å². The second-order valence-corrected chi connectivity index (χ2v) is 6.25. The van der Waals surface area contributed by atoms with E-state index in [1.54, 1.807) is 18.6 Å². The fourth-order valence-electron chi connectivity index (χ4n) is 2.40. The number of fused-ring (bicyclic) bond motifs is 3. The van der Waals surface area contributed by atoms with Crippen LogP contribution in [0.4, 0.5) is 10.5 Å². The summed E-state index contributed by atoms with van der Waals surface area (Å²) in [6, 6.07) is 7.43. The van der Waals surface area contributed by atoms with Crippen molar-refractivity contribution in [3.05, 3.63) is 42.9 Å². The molecule has 0 spiro atoms. The number of rotatable bonds is 1. The van der Waals surface area contributed by atoms with Crippen LogP contribution in [-0.4, -0.2) is 21.5 Å². The van der Waals surface area contributed by atoms with Gasteiger partial charge in [-0.15, -0.1) is 0 Å². The molecule has 0 aliphatic rings. The summed E-state index contributed by atoms with van der Waals surface area (Å²) in [5.41, 5.74) is 1.28. The average molecular weight is 294 g/mol. The number of aromatic nitrogens is 2. The zero-order valence-electron chi connectivity index (χ0n) is 12.8. The van der Waals surface area contributed by atoms with Gasteiger partial charge < -0.3 is 10.6 Å². The Balaban J connectivity index is 2.10. The van der Waals surface area contributed by atoms with E-state index in [1.807, 2.05) is 45.0 Å². The van der Waals surface area contributed by atoms with E-state index >= 15 is 0 Å². The highest BCUT2D eigenvalue weighted by atomic mass is 16.2. The summed E-state index contributed by atoms with van der Waals surface area (Å²) >= 11 is 0. The van der Waals surface area contributed by atoms with Gasteiger partial charge >= 0.3 is 6.03 Å². The molecule has 2 aromatic heterocycles. The van der Waals surface area contributed by atoms with E-state index in [0.717, 1.165) is 27.4 Å². The number of hydrogen-bond acceptors (Lipinski definition) is 3. The number of benzene rings is 1. The number of anilines is 1. The van der Waals surface area contributed by atoms with E-state index in [2.05, 4.69) is 20.6 Å². The predicted molar refractivity (Wildman–Crippen MR) is 89.0 cm³/mol. The lowest BCUT2D eigenvalue weighted by Crippen LogP contribution is -2.43. The van der Waals surface area contributed by atoms with E-state index < -0.39 is 0 Å². The van der Waals surface area contributed by atoms with Gasteiger partial charge in [-0.25, -0.2) is 4.79 Å². The third kappa shape index (κ3) is 2.83. The van der Waals surface area contributed by atoms with Crippen LogP contribution in [0.3, 0.4) is 0 Å². The number of hydrogen-bond donors (Lipinski definition) is 2. The van der Waals surface area contributed by atoms with E-state index in [1.165, 1.54) is 0 Å². The second kappa shape index (κ2) is 5.26. The summed E-state index contributed by atoms with van der Waals surface area (Å²) in [6.07, 6.45) is 5.27. The lowest BCUT2D eigenvalue weighted by molar-refractivity contribution is 0.244. The highest BCUT2D eigenvalue weighted by molar-refractivity contribution is 6.13. The van der Waals surface area contributed by atoms with Gasteiger partial charge in [0.05, 0.1) is 11.2 Å². The first-order valence-electron chi connectivity index (χ1n) is 7.15. The third-order valence-electron chi connectivity index (χ3n) is 3.24. The molecule has 0 atom stereocenters. The van der Waals surface area contributed by atoms with Crippen LogP contribution < -0.4 is 10.6 Å². The molecular weight excluding hydrogens is 276 g/mol. The predicted octanol–water partition coefficient (Wildman–Crippen LogP) is 3.70. The van der Waals surface area contributed by atoms with Crippen molar-refractivity contribution in [3.8, 4) is 0 Å². The van der Waals surface area contributed by atoms with Gasteiger partial charge in [-0.05, 0) is 50.4 Å². The maximum absolute atomic E-state index is 12.2. The number of amides is 2. The fraction of sp³-hybridized carbons (Fsp3) is 0.235. The van der Waals surface area contributed by atoms with Crippen LogP contribution >= 0.6 is 0 Å². The SMILES string of the molecule is CC(C)(C)NC(=O)Nc1cc2ccncc2c2ncccc12. The monoisotopic (exact) mass is 294 g/mol. The van der Waals surface area contributed by atoms with Crippen LogP contribution in [0.2, 0.25) is 0 Å². The molecule has 1 aromatic carbocycles. The molecule has 3 rings (SSSR count). The van der Waals surface area contributed by atoms with E-state index in [-0.39, 0.29) is 11.6 Å². The minimum Gasteiger partial charge on any atom is -0.333 e. The van der Waals surface area contributed by atoms with Crippen LogP contribution in [0.25, 0.3) is 21.7 Å². The molecule has 2 N–H and O–H groups in total. The Kier molecular flexibility index (Phi) is 3.41. The first-order valence-corrected chi connectivity index (χ1v) is 7.15. The maximum Gasteiger partial charge on any atom is 0.319 e. The van der Waals surface area contributed by atoms with Crippen molar-refractivity contribution in [1.29, 1.82) is 0 Å². The molecule has 0 saturated carbocycles. The largest absolute Gasteiger partial charge is 0.333 e. The van der Waals surface area contributed by atoms with Crippen molar-refractivity contribution < 1.29 is 4.79 Å². The molecule has 22 heavy (non-hydrogen) atoms. The van der Waals surface area contributed by atoms with Crippen LogP contribution in [0, 0.1) is 0 Å². The van der Waals surface area contributed by atoms with Crippen molar-refractivity contribution in [2.75, 3.05) is 5.32 Å². The van der Waals surface area contributed by atoms with Crippen LogP contribution in [0.15, 0.2) is 42.9 Å². The van der Waals surface area contributed by atoms with Crippen LogP contribution in [0.5, 0.6) is 0 Å². The molecule has 0 saturated heterocycles. The molecule has 2 amide bonds. The zero-order valence-corrected chi connectivity index (χ0v) is 12.8. The molecule has 0 unspecified atom stereocenters. The normalized spacial score (nSPS) is 11.6. The highest BCUT2D eigenvalue weighted by Crippen LogP contribution is 2.29. The molecule has 0 fully saturated rings. The topological polar surface area (TPSA) is 66.9 Å². The van der Waals surface area contributed by atoms with Crippen molar-refractivity contribution >= 4 is 33.4 Å². The molecular formula is C17H18N4O. The third-order valence-corrected chi connectivity index (χ3v) is 3.24. The Morgan fingerprint density at radius 2 is 1.95 bits per heavy atom. The Labute approximate surface area is 128 Å². The van der Waals surface area contributed by atoms with E-state index in [9.17, 15) is 4.79 Å². The molecule has 112 valence electrons. The quantitative estimate of drug-likeness (QED) is 0.672. The van der Waals surface area contributed by atoms with Gasteiger partial charge in [0.25, 0.3) is 0 Å². The molecule has 0 bridgehead atoms. The second-order valence-electron chi connectivity index (χ2n) is 6.25. The smallest absolute Gasteiger partial charge is 0.319 e. The summed E-state index contributed by atoms with van der Waals surface area (Å²) in [7, 11) is 0. The molecule has 5 heteroatoms. The van der Waals surface area contributed by atoms with Crippen molar-refractivity contribution in [2.24, 2.45) is 0 Å². The number of pyridine rings is 2. The minimum atomic E-state index is -0.293. The first-order chi connectivity index (χ1) is 10.4. The summed E-state index contributed by atoms with van der Waals surface area (Å²) in [5, 5.41) is 8.68. The number of nitrogens with one attached hydrogen (secondary N) is 2. The average Bonchev–Trinajstić information content (AvgIpc) is 2.45. The molecule has 0 radical (unpaired) electrons. The summed E-state index contributed by atoms with van der Waals surface area (Å²) in [5.74, 6) is 0. The number of carbonyl (C=O) groups excluding carboxylic acids is 1. The van der Waals surface area contributed by atoms with E-state index in [0.29, 0.717) is 0 Å². The first kappa shape index (κ1) is 14.3. The lowest BCUT2D eigenvalue weighted by Gasteiger charge is -2.21. The van der Waals surface area contributed by atoms with Crippen molar-refractivity contribution in [3.63, 3.8) is 0 Å². The Morgan fingerprint density at radius 1 is 1.14 bits per heavy atom. The van der Waals surface area contributed by atoms with Gasteiger partial charge in [-0.1, -0.05) is 0 Å².